The molecule has 1 N–H and O–H groups in total. The SMILES string of the molecule is C[C@@H](OC[C@@]1(c2ccccc2)CCC([N+](=O)[O-])CN1C(=O)O)c1cc(C(F)(F)F)cc(C(F)(F)F)c1. The number of nitro groups is 1. The minimum atomic E-state index is -5.04. The highest BCUT2D eigenvalue weighted by Crippen LogP contribution is 2.41. The number of amides is 1. The molecule has 1 fully saturated rings. The maximum absolute atomic E-state index is 13.3. The average Bonchev–Trinajstić information content (AvgIpc) is 2.81. The van der Waals surface area contributed by atoms with Crippen molar-refractivity contribution in [1.82, 2.24) is 4.90 Å². The Balaban J connectivity index is 1.99. The van der Waals surface area contributed by atoms with E-state index in [4.69, 9.17) is 4.74 Å². The molecule has 2 aromatic rings. The maximum Gasteiger partial charge on any atom is 0.416 e. The summed E-state index contributed by atoms with van der Waals surface area (Å²) in [6, 6.07) is 7.99. The molecule has 1 aliphatic heterocycles. The Labute approximate surface area is 201 Å². The molecule has 0 aliphatic carbocycles. The van der Waals surface area contributed by atoms with E-state index < -0.39 is 70.9 Å². The molecule has 1 heterocycles. The van der Waals surface area contributed by atoms with Gasteiger partial charge in [-0.25, -0.2) is 4.79 Å². The van der Waals surface area contributed by atoms with Crippen LogP contribution in [0.25, 0.3) is 0 Å². The smallest absolute Gasteiger partial charge is 0.416 e. The summed E-state index contributed by atoms with van der Waals surface area (Å²) in [6.45, 7) is 0.339. The number of carbonyl (C=O) groups is 1. The number of halogens is 6. The van der Waals surface area contributed by atoms with Gasteiger partial charge in [-0.3, -0.25) is 15.0 Å². The fourth-order valence-corrected chi connectivity index (χ4v) is 4.31. The summed E-state index contributed by atoms with van der Waals surface area (Å²) in [5, 5.41) is 21.2. The fourth-order valence-electron chi connectivity index (χ4n) is 4.31. The summed E-state index contributed by atoms with van der Waals surface area (Å²) in [6.07, 6.45) is -12.9. The highest BCUT2D eigenvalue weighted by atomic mass is 19.4. The van der Waals surface area contributed by atoms with E-state index in [9.17, 15) is 46.4 Å². The number of ether oxygens (including phenoxy) is 1. The second kappa shape index (κ2) is 9.96. The van der Waals surface area contributed by atoms with E-state index in [2.05, 4.69) is 0 Å². The average molecular weight is 520 g/mol. The van der Waals surface area contributed by atoms with Crippen LogP contribution in [0.1, 0.15) is 48.1 Å². The Hall–Kier alpha value is -3.35. The van der Waals surface area contributed by atoms with Crippen molar-refractivity contribution >= 4 is 6.09 Å². The topological polar surface area (TPSA) is 92.9 Å². The van der Waals surface area contributed by atoms with Crippen molar-refractivity contribution in [2.45, 2.75) is 49.8 Å². The number of alkyl halides is 6. The molecule has 1 saturated heterocycles. The van der Waals surface area contributed by atoms with Crippen LogP contribution in [0.3, 0.4) is 0 Å². The summed E-state index contributed by atoms with van der Waals surface area (Å²) in [7, 11) is 0. The van der Waals surface area contributed by atoms with Gasteiger partial charge in [0.05, 0.1) is 35.9 Å². The molecule has 13 heteroatoms. The molecule has 1 unspecified atom stereocenters. The third-order valence-electron chi connectivity index (χ3n) is 6.29. The maximum atomic E-state index is 13.3. The number of likely N-dealkylation sites (tertiary alicyclic amines) is 1. The quantitative estimate of drug-likeness (QED) is 0.282. The molecule has 196 valence electrons. The molecular weight excluding hydrogens is 498 g/mol. The third-order valence-corrected chi connectivity index (χ3v) is 6.29. The first-order valence-electron chi connectivity index (χ1n) is 10.8. The molecule has 0 spiro atoms. The van der Waals surface area contributed by atoms with Gasteiger partial charge in [0.2, 0.25) is 6.04 Å². The van der Waals surface area contributed by atoms with Crippen LogP contribution in [0.5, 0.6) is 0 Å². The van der Waals surface area contributed by atoms with Crippen LogP contribution in [0.4, 0.5) is 31.1 Å². The van der Waals surface area contributed by atoms with Crippen LogP contribution in [-0.2, 0) is 22.6 Å². The minimum Gasteiger partial charge on any atom is -0.465 e. The van der Waals surface area contributed by atoms with E-state index in [0.717, 1.165) is 4.90 Å². The largest absolute Gasteiger partial charge is 0.465 e. The molecule has 1 amide bonds. The van der Waals surface area contributed by atoms with Crippen molar-refractivity contribution in [3.63, 3.8) is 0 Å². The molecule has 0 bridgehead atoms. The van der Waals surface area contributed by atoms with Gasteiger partial charge in [-0.2, -0.15) is 26.3 Å². The predicted molar refractivity (Wildman–Crippen MR) is 114 cm³/mol. The van der Waals surface area contributed by atoms with Gasteiger partial charge in [0.25, 0.3) is 0 Å². The summed E-state index contributed by atoms with van der Waals surface area (Å²) in [5.74, 6) is 0. The van der Waals surface area contributed by atoms with Gasteiger partial charge in [-0.05, 0) is 42.7 Å². The van der Waals surface area contributed by atoms with Crippen molar-refractivity contribution in [1.29, 1.82) is 0 Å². The molecular formula is C23H22F6N2O5. The molecule has 2 aromatic carbocycles. The first-order chi connectivity index (χ1) is 16.6. The standard InChI is InChI=1S/C23H22F6N2O5/c1-14(15-9-17(22(24,25)26)11-18(10-15)23(27,28)29)36-13-21(16-5-3-2-4-6-16)8-7-19(31(34)35)12-30(21)20(32)33/h2-6,9-11,14,19H,7-8,12-13H2,1H3,(H,32,33)/t14-,19?,21-/m1/s1. The van der Waals surface area contributed by atoms with Gasteiger partial charge in [-0.15, -0.1) is 0 Å². The molecule has 3 rings (SSSR count). The van der Waals surface area contributed by atoms with Crippen LogP contribution < -0.4 is 0 Å². The number of piperidine rings is 1. The van der Waals surface area contributed by atoms with E-state index in [1.54, 1.807) is 30.3 Å². The van der Waals surface area contributed by atoms with Gasteiger partial charge in [0, 0.05) is 11.3 Å². The van der Waals surface area contributed by atoms with Crippen LogP contribution >= 0.6 is 0 Å². The number of hydrogen-bond donors (Lipinski definition) is 1. The predicted octanol–water partition coefficient (Wildman–Crippen LogP) is 6.12. The normalized spacial score (nSPS) is 21.8. The third kappa shape index (κ3) is 5.72. The Bertz CT molecular complexity index is 1080. The fraction of sp³-hybridized carbons (Fsp3) is 0.435. The van der Waals surface area contributed by atoms with E-state index in [1.165, 1.54) is 6.92 Å². The van der Waals surface area contributed by atoms with E-state index in [-0.39, 0.29) is 18.9 Å². The highest BCUT2D eigenvalue weighted by Gasteiger charge is 2.49. The van der Waals surface area contributed by atoms with Crippen LogP contribution in [0.15, 0.2) is 48.5 Å². The lowest BCUT2D eigenvalue weighted by Crippen LogP contribution is -2.59. The molecule has 0 saturated carbocycles. The first kappa shape index (κ1) is 27.2. The number of hydrogen-bond acceptors (Lipinski definition) is 4. The Morgan fingerprint density at radius 3 is 2.17 bits per heavy atom. The lowest BCUT2D eigenvalue weighted by atomic mass is 9.79. The summed E-state index contributed by atoms with van der Waals surface area (Å²) < 4.78 is 85.3. The van der Waals surface area contributed by atoms with Crippen LogP contribution in [0, 0.1) is 10.1 Å². The summed E-state index contributed by atoms with van der Waals surface area (Å²) in [5.41, 5.74) is -4.41. The van der Waals surface area contributed by atoms with Crippen LogP contribution in [-0.4, -0.2) is 40.2 Å². The zero-order valence-corrected chi connectivity index (χ0v) is 18.8. The van der Waals surface area contributed by atoms with E-state index in [0.29, 0.717) is 17.7 Å². The Kier molecular flexibility index (Phi) is 7.53. The number of nitrogens with zero attached hydrogens (tertiary/aromatic N) is 2. The minimum absolute atomic E-state index is 0.00667. The Morgan fingerprint density at radius 2 is 1.69 bits per heavy atom. The second-order valence-corrected chi connectivity index (χ2v) is 8.56. The molecule has 1 aliphatic rings. The zero-order valence-electron chi connectivity index (χ0n) is 18.8. The van der Waals surface area contributed by atoms with Gasteiger partial charge in [0.15, 0.2) is 0 Å². The monoisotopic (exact) mass is 520 g/mol. The van der Waals surface area contributed by atoms with Crippen molar-refractivity contribution < 1.29 is 45.9 Å². The zero-order chi connectivity index (χ0) is 26.9. The van der Waals surface area contributed by atoms with Gasteiger partial charge in [-0.1, -0.05) is 30.3 Å². The molecule has 0 radical (unpaired) electrons. The highest BCUT2D eigenvalue weighted by molar-refractivity contribution is 5.67. The van der Waals surface area contributed by atoms with E-state index >= 15 is 0 Å². The summed E-state index contributed by atoms with van der Waals surface area (Å²) >= 11 is 0. The Morgan fingerprint density at radius 1 is 1.14 bits per heavy atom. The van der Waals surface area contributed by atoms with E-state index in [1.807, 2.05) is 0 Å². The van der Waals surface area contributed by atoms with Crippen molar-refractivity contribution in [3.8, 4) is 0 Å². The van der Waals surface area contributed by atoms with Crippen molar-refractivity contribution in [2.24, 2.45) is 0 Å². The second-order valence-electron chi connectivity index (χ2n) is 8.56. The van der Waals surface area contributed by atoms with Crippen LogP contribution in [0.2, 0.25) is 0 Å². The molecule has 3 atom stereocenters. The lowest BCUT2D eigenvalue weighted by molar-refractivity contribution is -0.528. The molecule has 36 heavy (non-hydrogen) atoms. The molecule has 0 aromatic heterocycles. The van der Waals surface area contributed by atoms with Crippen molar-refractivity contribution in [3.05, 3.63) is 80.9 Å². The van der Waals surface area contributed by atoms with Gasteiger partial charge in [0.1, 0.15) is 0 Å². The molecule has 7 nitrogen and oxygen atoms in total. The number of rotatable bonds is 6. The number of benzene rings is 2. The van der Waals surface area contributed by atoms with Gasteiger partial charge < -0.3 is 9.84 Å². The number of carboxylic acid groups (broad SMARTS) is 1. The first-order valence-corrected chi connectivity index (χ1v) is 10.8. The van der Waals surface area contributed by atoms with Gasteiger partial charge >= 0.3 is 18.4 Å². The lowest BCUT2D eigenvalue weighted by Gasteiger charge is -2.46. The summed E-state index contributed by atoms with van der Waals surface area (Å²) in [4.78, 5) is 23.7. The van der Waals surface area contributed by atoms with Crippen molar-refractivity contribution in [2.75, 3.05) is 13.2 Å².